The molecule has 0 fully saturated rings. The third-order valence-corrected chi connectivity index (χ3v) is 2.59. The Morgan fingerprint density at radius 3 is 2.28 bits per heavy atom. The normalized spacial score (nSPS) is 12.3. The first kappa shape index (κ1) is 16.9. The van der Waals surface area contributed by atoms with Gasteiger partial charge in [-0.15, -0.1) is 0 Å². The van der Waals surface area contributed by atoms with Gasteiger partial charge in [0.15, 0.2) is 0 Å². The van der Waals surface area contributed by atoms with Gasteiger partial charge in [-0.3, -0.25) is 9.59 Å². The second kappa shape index (κ2) is 8.91. The summed E-state index contributed by atoms with van der Waals surface area (Å²) in [7, 11) is 3.50. The lowest BCUT2D eigenvalue weighted by molar-refractivity contribution is -0.128. The molecule has 1 unspecified atom stereocenters. The minimum Gasteiger partial charge on any atom is -0.354 e. The molecule has 0 aromatic carbocycles. The van der Waals surface area contributed by atoms with Gasteiger partial charge in [0.1, 0.15) is 0 Å². The maximum Gasteiger partial charge on any atom is 0.236 e. The molecule has 0 aliphatic carbocycles. The summed E-state index contributed by atoms with van der Waals surface area (Å²) in [4.78, 5) is 24.5. The molecular formula is C13H27N3O2. The van der Waals surface area contributed by atoms with Crippen LogP contribution in [0.4, 0.5) is 0 Å². The van der Waals surface area contributed by atoms with Crippen LogP contribution in [0.25, 0.3) is 0 Å². The molecule has 5 nitrogen and oxygen atoms in total. The molecule has 0 aliphatic heterocycles. The lowest BCUT2D eigenvalue weighted by Gasteiger charge is -2.15. The Balaban J connectivity index is 3.67. The van der Waals surface area contributed by atoms with Crippen LogP contribution in [0.5, 0.6) is 0 Å². The summed E-state index contributed by atoms with van der Waals surface area (Å²) in [6, 6.07) is -0.210. The van der Waals surface area contributed by atoms with Gasteiger partial charge in [0.05, 0.1) is 6.04 Å². The van der Waals surface area contributed by atoms with E-state index in [1.54, 1.807) is 19.0 Å². The molecule has 0 aromatic heterocycles. The van der Waals surface area contributed by atoms with Crippen molar-refractivity contribution in [3.05, 3.63) is 0 Å². The lowest BCUT2D eigenvalue weighted by atomic mass is 10.2. The van der Waals surface area contributed by atoms with Crippen LogP contribution in [0.1, 0.15) is 33.6 Å². The van der Waals surface area contributed by atoms with Crippen molar-refractivity contribution in [2.45, 2.75) is 39.7 Å². The van der Waals surface area contributed by atoms with Crippen LogP contribution < -0.4 is 10.6 Å². The first-order valence-corrected chi connectivity index (χ1v) is 6.55. The summed E-state index contributed by atoms with van der Waals surface area (Å²) >= 11 is 0. The van der Waals surface area contributed by atoms with Crippen LogP contribution in [-0.2, 0) is 9.59 Å². The number of rotatable bonds is 8. The molecule has 0 aliphatic rings. The van der Waals surface area contributed by atoms with Crippen LogP contribution in [0, 0.1) is 5.92 Å². The van der Waals surface area contributed by atoms with Crippen LogP contribution in [-0.4, -0.2) is 49.9 Å². The Bertz CT molecular complexity index is 265. The van der Waals surface area contributed by atoms with E-state index in [1.807, 2.05) is 6.92 Å². The van der Waals surface area contributed by atoms with E-state index in [1.165, 1.54) is 0 Å². The molecule has 0 radical (unpaired) electrons. The number of amides is 2. The minimum atomic E-state index is -0.210. The number of hydrogen-bond acceptors (Lipinski definition) is 3. The fourth-order valence-electron chi connectivity index (χ4n) is 1.33. The van der Waals surface area contributed by atoms with E-state index in [-0.39, 0.29) is 17.9 Å². The van der Waals surface area contributed by atoms with E-state index in [9.17, 15) is 9.59 Å². The van der Waals surface area contributed by atoms with E-state index >= 15 is 0 Å². The maximum atomic E-state index is 11.6. The summed E-state index contributed by atoms with van der Waals surface area (Å²) in [6.07, 6.45) is 1.26. The Morgan fingerprint density at radius 2 is 1.78 bits per heavy atom. The third kappa shape index (κ3) is 8.06. The summed E-state index contributed by atoms with van der Waals surface area (Å²) in [5, 5.41) is 5.99. The van der Waals surface area contributed by atoms with Gasteiger partial charge in [-0.2, -0.15) is 0 Å². The molecule has 0 spiro atoms. The minimum absolute atomic E-state index is 0.0163. The summed E-state index contributed by atoms with van der Waals surface area (Å²) in [6.45, 7) is 7.33. The van der Waals surface area contributed by atoms with Gasteiger partial charge in [-0.1, -0.05) is 13.8 Å². The monoisotopic (exact) mass is 257 g/mol. The molecule has 0 heterocycles. The topological polar surface area (TPSA) is 61.4 Å². The third-order valence-electron chi connectivity index (χ3n) is 2.59. The van der Waals surface area contributed by atoms with Gasteiger partial charge in [0.25, 0.3) is 0 Å². The average molecular weight is 257 g/mol. The van der Waals surface area contributed by atoms with Gasteiger partial charge in [-0.05, 0) is 25.8 Å². The van der Waals surface area contributed by atoms with Gasteiger partial charge in [0.2, 0.25) is 11.8 Å². The fraction of sp³-hybridized carbons (Fsp3) is 0.846. The standard InChI is InChI=1S/C13H27N3O2/c1-10(2)9-15-13(18)11(3)14-8-6-7-12(17)16(4)5/h10-11,14H,6-9H2,1-5H3,(H,15,18). The van der Waals surface area contributed by atoms with Crippen molar-refractivity contribution in [2.24, 2.45) is 5.92 Å². The van der Waals surface area contributed by atoms with Crippen molar-refractivity contribution in [1.82, 2.24) is 15.5 Å². The summed E-state index contributed by atoms with van der Waals surface area (Å²) in [5.74, 6) is 0.593. The molecule has 0 saturated heterocycles. The first-order chi connectivity index (χ1) is 8.34. The van der Waals surface area contributed by atoms with E-state index in [0.29, 0.717) is 25.4 Å². The molecule has 18 heavy (non-hydrogen) atoms. The molecule has 1 atom stereocenters. The van der Waals surface area contributed by atoms with Crippen molar-refractivity contribution in [1.29, 1.82) is 0 Å². The highest BCUT2D eigenvalue weighted by Gasteiger charge is 2.12. The number of carbonyl (C=O) groups excluding carboxylic acids is 2. The highest BCUT2D eigenvalue weighted by atomic mass is 16.2. The fourth-order valence-corrected chi connectivity index (χ4v) is 1.33. The van der Waals surface area contributed by atoms with E-state index in [0.717, 1.165) is 6.42 Å². The van der Waals surface area contributed by atoms with Crippen LogP contribution in [0.2, 0.25) is 0 Å². The molecule has 0 saturated carbocycles. The van der Waals surface area contributed by atoms with E-state index < -0.39 is 0 Å². The molecule has 2 N–H and O–H groups in total. The lowest BCUT2D eigenvalue weighted by Crippen LogP contribution is -2.43. The molecule has 106 valence electrons. The predicted octanol–water partition coefficient (Wildman–Crippen LogP) is 0.605. The predicted molar refractivity (Wildman–Crippen MR) is 73.2 cm³/mol. The Morgan fingerprint density at radius 1 is 1.17 bits per heavy atom. The van der Waals surface area contributed by atoms with E-state index in [4.69, 9.17) is 0 Å². The number of carbonyl (C=O) groups is 2. The maximum absolute atomic E-state index is 11.6. The van der Waals surface area contributed by atoms with Crippen molar-refractivity contribution in [2.75, 3.05) is 27.2 Å². The highest BCUT2D eigenvalue weighted by molar-refractivity contribution is 5.81. The Kier molecular flexibility index (Phi) is 8.37. The smallest absolute Gasteiger partial charge is 0.236 e. The zero-order valence-corrected chi connectivity index (χ0v) is 12.2. The average Bonchev–Trinajstić information content (AvgIpc) is 2.30. The van der Waals surface area contributed by atoms with Gasteiger partial charge in [-0.25, -0.2) is 0 Å². The van der Waals surface area contributed by atoms with Crippen molar-refractivity contribution in [3.63, 3.8) is 0 Å². The Hall–Kier alpha value is -1.10. The second-order valence-corrected chi connectivity index (χ2v) is 5.21. The van der Waals surface area contributed by atoms with Gasteiger partial charge >= 0.3 is 0 Å². The second-order valence-electron chi connectivity index (χ2n) is 5.21. The summed E-state index contributed by atoms with van der Waals surface area (Å²) in [5.41, 5.74) is 0. The SMILES string of the molecule is CC(C)CNC(=O)C(C)NCCCC(=O)N(C)C. The highest BCUT2D eigenvalue weighted by Crippen LogP contribution is 1.93. The van der Waals surface area contributed by atoms with Crippen LogP contribution >= 0.6 is 0 Å². The Labute approximate surface area is 110 Å². The molecule has 0 rings (SSSR count). The molecule has 2 amide bonds. The van der Waals surface area contributed by atoms with Crippen LogP contribution in [0.15, 0.2) is 0 Å². The zero-order chi connectivity index (χ0) is 14.1. The number of hydrogen-bond donors (Lipinski definition) is 2. The van der Waals surface area contributed by atoms with Crippen molar-refractivity contribution in [3.8, 4) is 0 Å². The largest absolute Gasteiger partial charge is 0.354 e. The number of nitrogens with zero attached hydrogens (tertiary/aromatic N) is 1. The number of nitrogens with one attached hydrogen (secondary N) is 2. The quantitative estimate of drug-likeness (QED) is 0.626. The summed E-state index contributed by atoms with van der Waals surface area (Å²) < 4.78 is 0. The van der Waals surface area contributed by atoms with Gasteiger partial charge in [0, 0.05) is 27.1 Å². The first-order valence-electron chi connectivity index (χ1n) is 6.55. The van der Waals surface area contributed by atoms with Gasteiger partial charge < -0.3 is 15.5 Å². The zero-order valence-electron chi connectivity index (χ0n) is 12.2. The van der Waals surface area contributed by atoms with Crippen LogP contribution in [0.3, 0.4) is 0 Å². The molecular weight excluding hydrogens is 230 g/mol. The van der Waals surface area contributed by atoms with Crippen molar-refractivity contribution < 1.29 is 9.59 Å². The van der Waals surface area contributed by atoms with E-state index in [2.05, 4.69) is 24.5 Å². The van der Waals surface area contributed by atoms with Crippen molar-refractivity contribution >= 4 is 11.8 Å². The molecule has 0 bridgehead atoms. The molecule has 0 aromatic rings. The molecule has 5 heteroatoms.